The monoisotopic (exact) mass is 328 g/mol. The van der Waals surface area contributed by atoms with Crippen LogP contribution in [0.1, 0.15) is 25.7 Å². The first-order valence-electron chi connectivity index (χ1n) is 7.55. The molecule has 1 aromatic carbocycles. The molecule has 1 saturated heterocycles. The molecular weight excluding hydrogens is 304 g/mol. The Morgan fingerprint density at radius 3 is 2.95 bits per heavy atom. The first kappa shape index (κ1) is 18.6. The fourth-order valence-corrected chi connectivity index (χ4v) is 2.41. The zero-order valence-corrected chi connectivity index (χ0v) is 13.8. The maximum absolute atomic E-state index is 11.7. The SMILES string of the molecule is COc1cccc(OCCCNC(=O)CC2CCCN2)c1.Cl. The van der Waals surface area contributed by atoms with Crippen molar-refractivity contribution >= 4 is 18.3 Å². The summed E-state index contributed by atoms with van der Waals surface area (Å²) in [6, 6.07) is 7.88. The van der Waals surface area contributed by atoms with E-state index in [2.05, 4.69) is 10.6 Å². The molecule has 22 heavy (non-hydrogen) atoms. The summed E-state index contributed by atoms with van der Waals surface area (Å²) < 4.78 is 10.8. The van der Waals surface area contributed by atoms with Crippen LogP contribution >= 0.6 is 12.4 Å². The molecule has 0 saturated carbocycles. The molecule has 1 heterocycles. The number of methoxy groups -OCH3 is 1. The van der Waals surface area contributed by atoms with E-state index in [4.69, 9.17) is 9.47 Å². The summed E-state index contributed by atoms with van der Waals surface area (Å²) in [5.74, 6) is 1.69. The molecule has 6 heteroatoms. The van der Waals surface area contributed by atoms with Crippen LogP contribution in [0.4, 0.5) is 0 Å². The summed E-state index contributed by atoms with van der Waals surface area (Å²) >= 11 is 0. The molecule has 0 bridgehead atoms. The summed E-state index contributed by atoms with van der Waals surface area (Å²) in [5.41, 5.74) is 0. The maximum atomic E-state index is 11.7. The smallest absolute Gasteiger partial charge is 0.221 e. The number of hydrogen-bond acceptors (Lipinski definition) is 4. The standard InChI is InChI=1S/C16H24N2O3.ClH/c1-20-14-6-2-7-15(12-14)21-10-4-9-18-16(19)11-13-5-3-8-17-13;/h2,6-7,12-13,17H,3-5,8-11H2,1H3,(H,18,19);1H. The minimum absolute atomic E-state index is 0. The fraction of sp³-hybridized carbons (Fsp3) is 0.562. The Bertz CT molecular complexity index is 451. The van der Waals surface area contributed by atoms with Gasteiger partial charge in [-0.1, -0.05) is 6.07 Å². The van der Waals surface area contributed by atoms with Gasteiger partial charge in [-0.15, -0.1) is 12.4 Å². The van der Waals surface area contributed by atoms with Gasteiger partial charge in [0.05, 0.1) is 13.7 Å². The number of rotatable bonds is 8. The van der Waals surface area contributed by atoms with Crippen LogP contribution in [0.25, 0.3) is 0 Å². The van der Waals surface area contributed by atoms with Gasteiger partial charge < -0.3 is 20.1 Å². The molecule has 0 spiro atoms. The third kappa shape index (κ3) is 6.54. The molecule has 2 rings (SSSR count). The van der Waals surface area contributed by atoms with Crippen molar-refractivity contribution < 1.29 is 14.3 Å². The van der Waals surface area contributed by atoms with Crippen molar-refractivity contribution in [2.24, 2.45) is 0 Å². The lowest BCUT2D eigenvalue weighted by atomic mass is 10.1. The second-order valence-corrected chi connectivity index (χ2v) is 5.23. The largest absolute Gasteiger partial charge is 0.497 e. The highest BCUT2D eigenvalue weighted by atomic mass is 35.5. The molecule has 0 aromatic heterocycles. The van der Waals surface area contributed by atoms with Gasteiger partial charge in [0.15, 0.2) is 0 Å². The van der Waals surface area contributed by atoms with Crippen LogP contribution in [0.15, 0.2) is 24.3 Å². The van der Waals surface area contributed by atoms with Gasteiger partial charge in [-0.2, -0.15) is 0 Å². The van der Waals surface area contributed by atoms with Crippen LogP contribution in [0.2, 0.25) is 0 Å². The number of ether oxygens (including phenoxy) is 2. The molecular formula is C16H25ClN2O3. The first-order chi connectivity index (χ1) is 10.3. The minimum Gasteiger partial charge on any atom is -0.497 e. The van der Waals surface area contributed by atoms with Crippen LogP contribution in [0.3, 0.4) is 0 Å². The average Bonchev–Trinajstić information content (AvgIpc) is 3.00. The quantitative estimate of drug-likeness (QED) is 0.718. The van der Waals surface area contributed by atoms with E-state index in [-0.39, 0.29) is 18.3 Å². The molecule has 1 unspecified atom stereocenters. The van der Waals surface area contributed by atoms with Crippen molar-refractivity contribution in [1.82, 2.24) is 10.6 Å². The Hall–Kier alpha value is -1.46. The molecule has 5 nitrogen and oxygen atoms in total. The lowest BCUT2D eigenvalue weighted by Gasteiger charge is -2.11. The van der Waals surface area contributed by atoms with E-state index in [1.807, 2.05) is 24.3 Å². The highest BCUT2D eigenvalue weighted by molar-refractivity contribution is 5.85. The lowest BCUT2D eigenvalue weighted by Crippen LogP contribution is -2.32. The molecule has 1 aliphatic heterocycles. The highest BCUT2D eigenvalue weighted by Crippen LogP contribution is 2.18. The van der Waals surface area contributed by atoms with E-state index >= 15 is 0 Å². The minimum atomic E-state index is 0. The topological polar surface area (TPSA) is 59.6 Å². The Kier molecular flexibility index (Phi) is 8.70. The number of carbonyl (C=O) groups excluding carboxylic acids is 1. The first-order valence-corrected chi connectivity index (χ1v) is 7.55. The molecule has 0 radical (unpaired) electrons. The van der Waals surface area contributed by atoms with Crippen LogP contribution in [-0.2, 0) is 4.79 Å². The number of benzene rings is 1. The van der Waals surface area contributed by atoms with Crippen molar-refractivity contribution in [3.63, 3.8) is 0 Å². The Morgan fingerprint density at radius 2 is 2.23 bits per heavy atom. The fourth-order valence-electron chi connectivity index (χ4n) is 2.41. The molecule has 1 fully saturated rings. The average molecular weight is 329 g/mol. The van der Waals surface area contributed by atoms with Crippen LogP contribution < -0.4 is 20.1 Å². The van der Waals surface area contributed by atoms with E-state index in [1.54, 1.807) is 7.11 Å². The van der Waals surface area contributed by atoms with Crippen molar-refractivity contribution in [2.45, 2.75) is 31.7 Å². The molecule has 2 N–H and O–H groups in total. The van der Waals surface area contributed by atoms with Gasteiger partial charge in [0, 0.05) is 25.1 Å². The summed E-state index contributed by atoms with van der Waals surface area (Å²) in [6.07, 6.45) is 3.65. The number of halogens is 1. The number of nitrogens with one attached hydrogen (secondary N) is 2. The molecule has 124 valence electrons. The maximum Gasteiger partial charge on any atom is 0.221 e. The molecule has 1 amide bonds. The van der Waals surface area contributed by atoms with Gasteiger partial charge in [0.1, 0.15) is 11.5 Å². The normalized spacial score (nSPS) is 16.7. The molecule has 1 atom stereocenters. The van der Waals surface area contributed by atoms with E-state index in [0.717, 1.165) is 30.9 Å². The second kappa shape index (κ2) is 10.3. The van der Waals surface area contributed by atoms with Gasteiger partial charge in [-0.3, -0.25) is 4.79 Å². The highest BCUT2D eigenvalue weighted by Gasteiger charge is 2.16. The van der Waals surface area contributed by atoms with Crippen LogP contribution in [-0.4, -0.2) is 38.8 Å². The van der Waals surface area contributed by atoms with Crippen molar-refractivity contribution in [3.8, 4) is 11.5 Å². The predicted molar refractivity (Wildman–Crippen MR) is 89.0 cm³/mol. The summed E-state index contributed by atoms with van der Waals surface area (Å²) in [6.45, 7) is 2.26. The Morgan fingerprint density at radius 1 is 1.41 bits per heavy atom. The van der Waals surface area contributed by atoms with E-state index < -0.39 is 0 Å². The van der Waals surface area contributed by atoms with E-state index in [0.29, 0.717) is 25.6 Å². The van der Waals surface area contributed by atoms with Crippen molar-refractivity contribution in [1.29, 1.82) is 0 Å². The Balaban J connectivity index is 0.00000242. The number of hydrogen-bond donors (Lipinski definition) is 2. The lowest BCUT2D eigenvalue weighted by molar-refractivity contribution is -0.121. The van der Waals surface area contributed by atoms with Gasteiger partial charge in [-0.05, 0) is 37.9 Å². The number of carbonyl (C=O) groups is 1. The van der Waals surface area contributed by atoms with Crippen LogP contribution in [0, 0.1) is 0 Å². The Labute approximate surface area is 138 Å². The summed E-state index contributed by atoms with van der Waals surface area (Å²) in [7, 11) is 1.63. The molecule has 1 aromatic rings. The zero-order chi connectivity index (χ0) is 14.9. The summed E-state index contributed by atoms with van der Waals surface area (Å²) in [5, 5.41) is 6.26. The van der Waals surface area contributed by atoms with Gasteiger partial charge in [-0.25, -0.2) is 0 Å². The molecule has 1 aliphatic rings. The number of amides is 1. The van der Waals surface area contributed by atoms with E-state index in [9.17, 15) is 4.79 Å². The zero-order valence-electron chi connectivity index (χ0n) is 13.0. The van der Waals surface area contributed by atoms with Gasteiger partial charge in [0.2, 0.25) is 5.91 Å². The third-order valence-corrected chi connectivity index (χ3v) is 3.55. The van der Waals surface area contributed by atoms with E-state index in [1.165, 1.54) is 6.42 Å². The van der Waals surface area contributed by atoms with Crippen LogP contribution in [0.5, 0.6) is 11.5 Å². The predicted octanol–water partition coefficient (Wildman–Crippen LogP) is 2.14. The van der Waals surface area contributed by atoms with Gasteiger partial charge in [0.25, 0.3) is 0 Å². The molecule has 0 aliphatic carbocycles. The second-order valence-electron chi connectivity index (χ2n) is 5.23. The summed E-state index contributed by atoms with van der Waals surface area (Å²) in [4.78, 5) is 11.7. The van der Waals surface area contributed by atoms with Crippen molar-refractivity contribution in [2.75, 3.05) is 26.8 Å². The van der Waals surface area contributed by atoms with Crippen molar-refractivity contribution in [3.05, 3.63) is 24.3 Å². The third-order valence-electron chi connectivity index (χ3n) is 3.55. The van der Waals surface area contributed by atoms with Gasteiger partial charge >= 0.3 is 0 Å².